The zero-order valence-electron chi connectivity index (χ0n) is 16.4. The predicted octanol–water partition coefficient (Wildman–Crippen LogP) is 5.51. The molecule has 0 aliphatic rings. The van der Waals surface area contributed by atoms with Crippen LogP contribution in [0.3, 0.4) is 0 Å². The Labute approximate surface area is 178 Å². The first-order valence-corrected chi connectivity index (χ1v) is 10.1. The highest BCUT2D eigenvalue weighted by atomic mass is 32.2. The molecule has 7 heteroatoms. The number of ether oxygens (including phenoxy) is 1. The summed E-state index contributed by atoms with van der Waals surface area (Å²) in [4.78, 5) is 14.3. The molecule has 0 fully saturated rings. The normalized spacial score (nSPS) is 10.7. The third-order valence-corrected chi connectivity index (χ3v) is 5.45. The molecule has 0 radical (unpaired) electrons. The van der Waals surface area contributed by atoms with Crippen LogP contribution in [0.5, 0.6) is 23.3 Å². The van der Waals surface area contributed by atoms with Crippen molar-refractivity contribution in [1.29, 1.82) is 0 Å². The summed E-state index contributed by atoms with van der Waals surface area (Å²) in [6.45, 7) is 3.94. The number of para-hydroxylation sites is 1. The van der Waals surface area contributed by atoms with Gasteiger partial charge >= 0.3 is 6.01 Å². The van der Waals surface area contributed by atoms with Gasteiger partial charge in [-0.3, -0.25) is 0 Å². The van der Waals surface area contributed by atoms with Crippen LogP contribution in [-0.4, -0.2) is 25.2 Å². The lowest BCUT2D eigenvalue weighted by atomic mass is 10.2. The summed E-state index contributed by atoms with van der Waals surface area (Å²) < 4.78 is 5.93. The SMILES string of the molecule is Cc1ccccc1Oc1nc(Sc2ccccc2C)nc(-c2cc(O)ccc2O)n1. The molecule has 0 saturated carbocycles. The number of nitrogens with zero attached hydrogens (tertiary/aromatic N) is 3. The molecule has 0 bridgehead atoms. The molecule has 0 spiro atoms. The van der Waals surface area contributed by atoms with E-state index in [1.165, 1.54) is 30.0 Å². The van der Waals surface area contributed by atoms with Gasteiger partial charge in [0.2, 0.25) is 0 Å². The smallest absolute Gasteiger partial charge is 0.326 e. The number of aryl methyl sites for hydroxylation is 2. The number of benzene rings is 3. The summed E-state index contributed by atoms with van der Waals surface area (Å²) in [5.41, 5.74) is 2.32. The number of hydrogen-bond acceptors (Lipinski definition) is 7. The highest BCUT2D eigenvalue weighted by Crippen LogP contribution is 2.35. The quantitative estimate of drug-likeness (QED) is 0.414. The summed E-state index contributed by atoms with van der Waals surface area (Å²) in [6, 6.07) is 19.8. The van der Waals surface area contributed by atoms with Crippen LogP contribution in [0.15, 0.2) is 76.8 Å². The van der Waals surface area contributed by atoms with Gasteiger partial charge in [-0.25, -0.2) is 4.98 Å². The van der Waals surface area contributed by atoms with Crippen molar-refractivity contribution in [3.05, 3.63) is 77.9 Å². The molecule has 6 nitrogen and oxygen atoms in total. The fourth-order valence-electron chi connectivity index (χ4n) is 2.79. The van der Waals surface area contributed by atoms with Gasteiger partial charge in [0.1, 0.15) is 17.2 Å². The van der Waals surface area contributed by atoms with Crippen molar-refractivity contribution < 1.29 is 14.9 Å². The van der Waals surface area contributed by atoms with Crippen LogP contribution in [0.1, 0.15) is 11.1 Å². The molecule has 2 N–H and O–H groups in total. The van der Waals surface area contributed by atoms with E-state index >= 15 is 0 Å². The van der Waals surface area contributed by atoms with Crippen molar-refractivity contribution in [3.8, 4) is 34.6 Å². The minimum absolute atomic E-state index is 0.00214. The molecule has 30 heavy (non-hydrogen) atoms. The zero-order valence-corrected chi connectivity index (χ0v) is 17.2. The topological polar surface area (TPSA) is 88.4 Å². The van der Waals surface area contributed by atoms with E-state index in [0.29, 0.717) is 16.5 Å². The van der Waals surface area contributed by atoms with Gasteiger partial charge in [0.25, 0.3) is 0 Å². The van der Waals surface area contributed by atoms with Crippen molar-refractivity contribution in [2.24, 2.45) is 0 Å². The summed E-state index contributed by atoms with van der Waals surface area (Å²) >= 11 is 1.38. The molecule has 0 aliphatic heterocycles. The van der Waals surface area contributed by atoms with Crippen molar-refractivity contribution in [1.82, 2.24) is 15.0 Å². The summed E-state index contributed by atoms with van der Waals surface area (Å²) in [6.07, 6.45) is 0. The van der Waals surface area contributed by atoms with E-state index in [9.17, 15) is 10.2 Å². The number of rotatable bonds is 5. The lowest BCUT2D eigenvalue weighted by molar-refractivity contribution is 0.429. The van der Waals surface area contributed by atoms with Crippen LogP contribution in [0.4, 0.5) is 0 Å². The Bertz CT molecular complexity index is 1150. The van der Waals surface area contributed by atoms with Gasteiger partial charge in [0.05, 0.1) is 5.56 Å². The molecular weight excluding hydrogens is 398 g/mol. The Morgan fingerprint density at radius 1 is 0.800 bits per heavy atom. The predicted molar refractivity (Wildman–Crippen MR) is 115 cm³/mol. The fraction of sp³-hybridized carbons (Fsp3) is 0.0870. The Hall–Kier alpha value is -3.58. The minimum Gasteiger partial charge on any atom is -0.508 e. The average molecular weight is 417 g/mol. The Balaban J connectivity index is 1.80. The number of aromatic nitrogens is 3. The highest BCUT2D eigenvalue weighted by molar-refractivity contribution is 7.99. The van der Waals surface area contributed by atoms with Crippen LogP contribution in [-0.2, 0) is 0 Å². The van der Waals surface area contributed by atoms with Crippen molar-refractivity contribution in [2.75, 3.05) is 0 Å². The van der Waals surface area contributed by atoms with Gasteiger partial charge in [0.15, 0.2) is 11.0 Å². The third kappa shape index (κ3) is 4.36. The first-order chi connectivity index (χ1) is 14.5. The van der Waals surface area contributed by atoms with E-state index in [0.717, 1.165) is 16.0 Å². The van der Waals surface area contributed by atoms with E-state index in [1.54, 1.807) is 0 Å². The molecule has 3 aromatic carbocycles. The second kappa shape index (κ2) is 8.42. The second-order valence-corrected chi connectivity index (χ2v) is 7.67. The highest BCUT2D eigenvalue weighted by Gasteiger charge is 2.16. The fourth-order valence-corrected chi connectivity index (χ4v) is 3.62. The van der Waals surface area contributed by atoms with Crippen molar-refractivity contribution in [2.45, 2.75) is 23.9 Å². The molecule has 1 heterocycles. The Morgan fingerprint density at radius 2 is 1.53 bits per heavy atom. The van der Waals surface area contributed by atoms with Crippen LogP contribution in [0.25, 0.3) is 11.4 Å². The van der Waals surface area contributed by atoms with E-state index in [1.807, 2.05) is 62.4 Å². The number of phenolic OH excluding ortho intramolecular Hbond substituents is 2. The van der Waals surface area contributed by atoms with Gasteiger partial charge in [-0.05, 0) is 67.1 Å². The molecule has 0 saturated heterocycles. The zero-order chi connectivity index (χ0) is 21.1. The Morgan fingerprint density at radius 3 is 2.30 bits per heavy atom. The first kappa shape index (κ1) is 19.7. The number of hydrogen-bond donors (Lipinski definition) is 2. The molecule has 0 amide bonds. The van der Waals surface area contributed by atoms with E-state index in [-0.39, 0.29) is 23.3 Å². The lowest BCUT2D eigenvalue weighted by Gasteiger charge is -2.11. The standard InChI is InChI=1S/C23H19N3O3S/c1-14-7-3-5-9-19(14)29-22-24-21(17-13-16(27)11-12-18(17)28)25-23(26-22)30-20-10-6-4-8-15(20)2/h3-13,27-28H,1-2H3. The van der Waals surface area contributed by atoms with Crippen molar-refractivity contribution >= 4 is 11.8 Å². The maximum Gasteiger partial charge on any atom is 0.326 e. The van der Waals surface area contributed by atoms with Crippen LogP contribution in [0, 0.1) is 13.8 Å². The maximum absolute atomic E-state index is 10.3. The van der Waals surface area contributed by atoms with Crippen LogP contribution in [0.2, 0.25) is 0 Å². The van der Waals surface area contributed by atoms with Gasteiger partial charge in [-0.2, -0.15) is 9.97 Å². The minimum atomic E-state index is -0.0484. The molecule has 0 atom stereocenters. The largest absolute Gasteiger partial charge is 0.508 e. The molecule has 0 aliphatic carbocycles. The Kier molecular flexibility index (Phi) is 5.54. The number of aromatic hydroxyl groups is 2. The van der Waals surface area contributed by atoms with Gasteiger partial charge in [-0.15, -0.1) is 0 Å². The molecule has 4 rings (SSSR count). The maximum atomic E-state index is 10.3. The molecule has 1 aromatic heterocycles. The van der Waals surface area contributed by atoms with Gasteiger partial charge in [-0.1, -0.05) is 36.4 Å². The van der Waals surface area contributed by atoms with Crippen molar-refractivity contribution in [3.63, 3.8) is 0 Å². The van der Waals surface area contributed by atoms with E-state index < -0.39 is 0 Å². The van der Waals surface area contributed by atoms with Crippen LogP contribution >= 0.6 is 11.8 Å². The molecule has 0 unspecified atom stereocenters. The first-order valence-electron chi connectivity index (χ1n) is 9.25. The van der Waals surface area contributed by atoms with Gasteiger partial charge in [0, 0.05) is 4.90 Å². The lowest BCUT2D eigenvalue weighted by Crippen LogP contribution is -2.00. The number of phenols is 2. The third-order valence-electron chi connectivity index (χ3n) is 4.41. The molecular formula is C23H19N3O3S. The summed E-state index contributed by atoms with van der Waals surface area (Å²) in [5.74, 6) is 0.782. The summed E-state index contributed by atoms with van der Waals surface area (Å²) in [5, 5.41) is 20.6. The average Bonchev–Trinajstić information content (AvgIpc) is 2.73. The van der Waals surface area contributed by atoms with E-state index in [2.05, 4.69) is 15.0 Å². The summed E-state index contributed by atoms with van der Waals surface area (Å²) in [7, 11) is 0. The van der Waals surface area contributed by atoms with Crippen LogP contribution < -0.4 is 4.74 Å². The molecule has 150 valence electrons. The van der Waals surface area contributed by atoms with E-state index in [4.69, 9.17) is 4.74 Å². The second-order valence-electron chi connectivity index (χ2n) is 6.66. The molecule has 4 aromatic rings. The van der Waals surface area contributed by atoms with Gasteiger partial charge < -0.3 is 14.9 Å². The monoisotopic (exact) mass is 417 g/mol.